The second-order valence-electron chi connectivity index (χ2n) is 9.56. The van der Waals surface area contributed by atoms with Crippen LogP contribution in [0.5, 0.6) is 0 Å². The molecule has 0 aliphatic carbocycles. The SMILES string of the molecule is CC1(C)OB(c2ccc(C(O)CNC(=O)CCOCCOCCOCCOCCN)cc2)OC1(C)C. The average Bonchev–Trinajstić information content (AvgIpc) is 3.07. The Labute approximate surface area is 215 Å². The van der Waals surface area contributed by atoms with Crippen LogP contribution < -0.4 is 16.5 Å². The molecular weight excluding hydrogens is 467 g/mol. The summed E-state index contributed by atoms with van der Waals surface area (Å²) in [4.78, 5) is 12.0. The first kappa shape index (κ1) is 30.7. The molecule has 36 heavy (non-hydrogen) atoms. The normalized spacial score (nSPS) is 17.3. The molecule has 1 saturated heterocycles. The number of rotatable bonds is 18. The van der Waals surface area contributed by atoms with Crippen molar-refractivity contribution >= 4 is 18.5 Å². The van der Waals surface area contributed by atoms with E-state index in [1.807, 2.05) is 52.0 Å². The number of carbonyl (C=O) groups excluding carboxylic acids is 1. The molecule has 1 unspecified atom stereocenters. The van der Waals surface area contributed by atoms with Crippen LogP contribution in [0.2, 0.25) is 0 Å². The minimum absolute atomic E-state index is 0.120. The third kappa shape index (κ3) is 10.4. The summed E-state index contributed by atoms with van der Waals surface area (Å²) in [7, 11) is -0.452. The van der Waals surface area contributed by atoms with Gasteiger partial charge in [0.25, 0.3) is 0 Å². The first-order valence-electron chi connectivity index (χ1n) is 12.6. The van der Waals surface area contributed by atoms with E-state index in [-0.39, 0.29) is 25.5 Å². The second-order valence-corrected chi connectivity index (χ2v) is 9.56. The molecule has 4 N–H and O–H groups in total. The third-order valence-corrected chi connectivity index (χ3v) is 6.19. The van der Waals surface area contributed by atoms with Crippen molar-refractivity contribution in [3.8, 4) is 0 Å². The number of ether oxygens (including phenoxy) is 4. The molecule has 1 atom stereocenters. The highest BCUT2D eigenvalue weighted by atomic mass is 16.7. The van der Waals surface area contributed by atoms with Gasteiger partial charge in [-0.1, -0.05) is 24.3 Å². The number of hydrogen-bond donors (Lipinski definition) is 3. The van der Waals surface area contributed by atoms with Gasteiger partial charge >= 0.3 is 7.12 Å². The van der Waals surface area contributed by atoms with Crippen molar-refractivity contribution in [2.75, 3.05) is 65.9 Å². The number of carbonyl (C=O) groups is 1. The van der Waals surface area contributed by atoms with Gasteiger partial charge in [0.2, 0.25) is 5.91 Å². The van der Waals surface area contributed by atoms with Crippen LogP contribution in [0.3, 0.4) is 0 Å². The molecule has 0 spiro atoms. The quantitative estimate of drug-likeness (QED) is 0.191. The van der Waals surface area contributed by atoms with E-state index in [1.165, 1.54) is 0 Å². The summed E-state index contributed by atoms with van der Waals surface area (Å²) < 4.78 is 33.5. The molecule has 0 radical (unpaired) electrons. The topological polar surface area (TPSA) is 131 Å². The molecule has 1 fully saturated rings. The van der Waals surface area contributed by atoms with Crippen LogP contribution in [0.15, 0.2) is 24.3 Å². The van der Waals surface area contributed by atoms with E-state index in [0.717, 1.165) is 5.46 Å². The lowest BCUT2D eigenvalue weighted by molar-refractivity contribution is -0.122. The van der Waals surface area contributed by atoms with E-state index >= 15 is 0 Å². The van der Waals surface area contributed by atoms with Crippen molar-refractivity contribution in [2.24, 2.45) is 5.73 Å². The standard InChI is InChI=1S/C25H43BN2O8/c1-24(2)25(3,4)36-26(35-24)21-7-5-20(6-8-21)22(29)19-28-23(30)9-11-31-13-15-33-17-18-34-16-14-32-12-10-27/h5-8,22,29H,9-19,27H2,1-4H3,(H,28,30). The highest BCUT2D eigenvalue weighted by Crippen LogP contribution is 2.36. The summed E-state index contributed by atoms with van der Waals surface area (Å²) in [6.07, 6.45) is -0.607. The van der Waals surface area contributed by atoms with Gasteiger partial charge in [0.15, 0.2) is 0 Å². The zero-order valence-electron chi connectivity index (χ0n) is 22.1. The zero-order chi connectivity index (χ0) is 26.4. The van der Waals surface area contributed by atoms with Crippen LogP contribution >= 0.6 is 0 Å². The van der Waals surface area contributed by atoms with Crippen molar-refractivity contribution in [1.82, 2.24) is 5.32 Å². The molecule has 1 aliphatic rings. The van der Waals surface area contributed by atoms with Gasteiger partial charge in [-0.3, -0.25) is 4.79 Å². The molecule has 204 valence electrons. The Bertz CT molecular complexity index is 747. The lowest BCUT2D eigenvalue weighted by Crippen LogP contribution is -2.41. The van der Waals surface area contributed by atoms with E-state index < -0.39 is 24.4 Å². The molecule has 1 aliphatic heterocycles. The minimum atomic E-state index is -0.815. The Balaban J connectivity index is 1.52. The van der Waals surface area contributed by atoms with Gasteiger partial charge in [-0.15, -0.1) is 0 Å². The van der Waals surface area contributed by atoms with Crippen LogP contribution in [0.1, 0.15) is 45.8 Å². The maximum Gasteiger partial charge on any atom is 0.494 e. The maximum absolute atomic E-state index is 12.0. The molecule has 0 bridgehead atoms. The Morgan fingerprint density at radius 3 is 1.86 bits per heavy atom. The Morgan fingerprint density at radius 1 is 0.889 bits per heavy atom. The number of aliphatic hydroxyl groups is 1. The monoisotopic (exact) mass is 510 g/mol. The molecule has 11 heteroatoms. The van der Waals surface area contributed by atoms with Crippen molar-refractivity contribution in [3.63, 3.8) is 0 Å². The van der Waals surface area contributed by atoms with Crippen LogP contribution in [0.4, 0.5) is 0 Å². The smallest absolute Gasteiger partial charge is 0.399 e. The van der Waals surface area contributed by atoms with E-state index in [0.29, 0.717) is 58.4 Å². The zero-order valence-corrected chi connectivity index (χ0v) is 22.1. The molecule has 10 nitrogen and oxygen atoms in total. The summed E-state index contributed by atoms with van der Waals surface area (Å²) in [6, 6.07) is 7.40. The van der Waals surface area contributed by atoms with Crippen LogP contribution in [0, 0.1) is 0 Å². The molecule has 0 aromatic heterocycles. The summed E-state index contributed by atoms with van der Waals surface area (Å²) in [5, 5.41) is 13.2. The van der Waals surface area contributed by atoms with Crippen molar-refractivity contribution in [3.05, 3.63) is 29.8 Å². The van der Waals surface area contributed by atoms with Gasteiger partial charge in [0.05, 0.1) is 70.2 Å². The van der Waals surface area contributed by atoms with Crippen molar-refractivity contribution < 1.29 is 38.2 Å². The van der Waals surface area contributed by atoms with Crippen LogP contribution in [-0.4, -0.2) is 95.3 Å². The van der Waals surface area contributed by atoms with Gasteiger partial charge in [0.1, 0.15) is 0 Å². The van der Waals surface area contributed by atoms with Gasteiger partial charge < -0.3 is 44.4 Å². The van der Waals surface area contributed by atoms with Crippen molar-refractivity contribution in [1.29, 1.82) is 0 Å². The largest absolute Gasteiger partial charge is 0.494 e. The molecular formula is C25H43BN2O8. The predicted molar refractivity (Wildman–Crippen MR) is 137 cm³/mol. The average molecular weight is 510 g/mol. The number of amides is 1. The summed E-state index contributed by atoms with van der Waals surface area (Å²) in [5.41, 5.74) is 6.09. The highest BCUT2D eigenvalue weighted by molar-refractivity contribution is 6.62. The molecule has 1 amide bonds. The Morgan fingerprint density at radius 2 is 1.36 bits per heavy atom. The number of nitrogens with one attached hydrogen (secondary N) is 1. The fraction of sp³-hybridized carbons (Fsp3) is 0.720. The minimum Gasteiger partial charge on any atom is -0.399 e. The molecule has 2 rings (SSSR count). The second kappa shape index (κ2) is 15.6. The van der Waals surface area contributed by atoms with E-state index in [1.54, 1.807) is 0 Å². The van der Waals surface area contributed by atoms with Crippen LogP contribution in [-0.2, 0) is 33.1 Å². The van der Waals surface area contributed by atoms with Gasteiger partial charge in [-0.2, -0.15) is 0 Å². The van der Waals surface area contributed by atoms with Crippen molar-refractivity contribution in [2.45, 2.75) is 51.4 Å². The van der Waals surface area contributed by atoms with E-state index in [2.05, 4.69) is 5.32 Å². The highest BCUT2D eigenvalue weighted by Gasteiger charge is 2.51. The lowest BCUT2D eigenvalue weighted by Gasteiger charge is -2.32. The van der Waals surface area contributed by atoms with Gasteiger partial charge in [-0.25, -0.2) is 0 Å². The van der Waals surface area contributed by atoms with E-state index in [9.17, 15) is 9.90 Å². The third-order valence-electron chi connectivity index (χ3n) is 6.19. The number of aliphatic hydroxyl groups excluding tert-OH is 1. The summed E-state index contributed by atoms with van der Waals surface area (Å²) >= 11 is 0. The van der Waals surface area contributed by atoms with Gasteiger partial charge in [0, 0.05) is 19.5 Å². The van der Waals surface area contributed by atoms with Gasteiger partial charge in [-0.05, 0) is 38.7 Å². The lowest BCUT2D eigenvalue weighted by atomic mass is 9.78. The Kier molecular flexibility index (Phi) is 13.3. The first-order chi connectivity index (χ1) is 17.2. The predicted octanol–water partition coefficient (Wildman–Crippen LogP) is 0.551. The summed E-state index contributed by atoms with van der Waals surface area (Å²) in [6.45, 7) is 12.3. The molecule has 1 aromatic carbocycles. The fourth-order valence-corrected chi connectivity index (χ4v) is 3.28. The molecule has 1 heterocycles. The number of hydrogen-bond acceptors (Lipinski definition) is 9. The molecule has 0 saturated carbocycles. The summed E-state index contributed by atoms with van der Waals surface area (Å²) in [5.74, 6) is -0.186. The maximum atomic E-state index is 12.0. The fourth-order valence-electron chi connectivity index (χ4n) is 3.28. The first-order valence-corrected chi connectivity index (χ1v) is 12.6. The van der Waals surface area contributed by atoms with Crippen LogP contribution in [0.25, 0.3) is 0 Å². The molecule has 1 aromatic rings. The van der Waals surface area contributed by atoms with E-state index in [4.69, 9.17) is 34.0 Å². The Hall–Kier alpha value is -1.57. The number of benzene rings is 1. The number of nitrogens with two attached hydrogens (primary N) is 1.